The van der Waals surface area contributed by atoms with Crippen LogP contribution < -0.4 is 10.6 Å². The highest BCUT2D eigenvalue weighted by Gasteiger charge is 2.20. The predicted molar refractivity (Wildman–Crippen MR) is 86.0 cm³/mol. The van der Waals surface area contributed by atoms with Gasteiger partial charge in [-0.15, -0.1) is 0 Å². The minimum atomic E-state index is -0.626. The molecule has 0 unspecified atom stereocenters. The number of rotatable bonds is 3. The number of carbonyl (C=O) groups excluding carboxylic acids is 1. The van der Waals surface area contributed by atoms with Gasteiger partial charge in [-0.05, 0) is 12.1 Å². The number of urea groups is 1. The molecule has 0 saturated heterocycles. The van der Waals surface area contributed by atoms with Gasteiger partial charge < -0.3 is 9.84 Å². The number of amides is 2. The van der Waals surface area contributed by atoms with Gasteiger partial charge >= 0.3 is 6.03 Å². The molecule has 0 fully saturated rings. The fraction of sp³-hybridized carbons (Fsp3) is 0.286. The molecule has 1 aromatic heterocycles. The van der Waals surface area contributed by atoms with E-state index in [1.165, 1.54) is 18.2 Å². The lowest BCUT2D eigenvalue weighted by Crippen LogP contribution is -2.19. The Labute approximate surface area is 136 Å². The quantitative estimate of drug-likeness (QED) is 0.644. The van der Waals surface area contributed by atoms with Crippen molar-refractivity contribution in [3.8, 4) is 0 Å². The summed E-state index contributed by atoms with van der Waals surface area (Å²) in [6.07, 6.45) is 0. The van der Waals surface area contributed by atoms with E-state index in [0.717, 1.165) is 0 Å². The van der Waals surface area contributed by atoms with Crippen LogP contribution in [-0.4, -0.2) is 16.1 Å². The van der Waals surface area contributed by atoms with Crippen LogP contribution in [0.2, 0.25) is 5.02 Å². The van der Waals surface area contributed by atoms with E-state index in [0.29, 0.717) is 5.76 Å². The Kier molecular flexibility index (Phi) is 4.55. The Balaban J connectivity index is 2.07. The van der Waals surface area contributed by atoms with E-state index in [1.54, 1.807) is 6.07 Å². The van der Waals surface area contributed by atoms with E-state index >= 15 is 0 Å². The molecule has 1 heterocycles. The molecule has 0 aliphatic rings. The molecule has 0 bridgehead atoms. The highest BCUT2D eigenvalue weighted by atomic mass is 35.5. The fourth-order valence-electron chi connectivity index (χ4n) is 1.70. The van der Waals surface area contributed by atoms with Crippen LogP contribution in [0.15, 0.2) is 28.8 Å². The lowest BCUT2D eigenvalue weighted by Gasteiger charge is -2.12. The van der Waals surface area contributed by atoms with Gasteiger partial charge in [0.2, 0.25) is 0 Å². The van der Waals surface area contributed by atoms with Gasteiger partial charge in [0.15, 0.2) is 5.82 Å². The number of halogens is 1. The molecule has 23 heavy (non-hydrogen) atoms. The Bertz CT molecular complexity index is 751. The van der Waals surface area contributed by atoms with Crippen molar-refractivity contribution in [2.75, 3.05) is 10.6 Å². The van der Waals surface area contributed by atoms with Gasteiger partial charge in [0.05, 0.1) is 4.92 Å². The summed E-state index contributed by atoms with van der Waals surface area (Å²) in [6, 6.07) is 4.98. The molecule has 9 heteroatoms. The third-order valence-electron chi connectivity index (χ3n) is 2.89. The van der Waals surface area contributed by atoms with Crippen molar-refractivity contribution in [3.63, 3.8) is 0 Å². The molecule has 0 spiro atoms. The molecule has 8 nitrogen and oxygen atoms in total. The summed E-state index contributed by atoms with van der Waals surface area (Å²) in [5.41, 5.74) is -0.292. The second-order valence-corrected chi connectivity index (χ2v) is 6.24. The number of anilines is 2. The van der Waals surface area contributed by atoms with Crippen molar-refractivity contribution < 1.29 is 14.2 Å². The first-order valence-corrected chi connectivity index (χ1v) is 7.04. The Morgan fingerprint density at radius 1 is 1.30 bits per heavy atom. The van der Waals surface area contributed by atoms with Crippen LogP contribution in [0.1, 0.15) is 26.5 Å². The van der Waals surface area contributed by atoms with Gasteiger partial charge in [0.25, 0.3) is 5.69 Å². The number of nitrogens with zero attached hydrogens (tertiary/aromatic N) is 2. The number of benzene rings is 1. The largest absolute Gasteiger partial charge is 0.359 e. The van der Waals surface area contributed by atoms with Crippen molar-refractivity contribution in [1.82, 2.24) is 5.16 Å². The predicted octanol–water partition coefficient (Wildman–Crippen LogP) is 4.18. The zero-order chi connectivity index (χ0) is 17.2. The van der Waals surface area contributed by atoms with E-state index in [1.807, 2.05) is 20.8 Å². The highest BCUT2D eigenvalue weighted by Crippen LogP contribution is 2.28. The average molecular weight is 339 g/mol. The van der Waals surface area contributed by atoms with Crippen molar-refractivity contribution in [2.24, 2.45) is 0 Å². The third kappa shape index (κ3) is 4.19. The van der Waals surface area contributed by atoms with Gasteiger partial charge in [-0.2, -0.15) is 0 Å². The first-order valence-electron chi connectivity index (χ1n) is 6.66. The first kappa shape index (κ1) is 16.8. The van der Waals surface area contributed by atoms with Gasteiger partial charge in [-0.1, -0.05) is 37.5 Å². The summed E-state index contributed by atoms with van der Waals surface area (Å²) in [4.78, 5) is 22.1. The molecule has 1 aromatic carbocycles. The van der Waals surface area contributed by atoms with E-state index in [2.05, 4.69) is 15.8 Å². The topological polar surface area (TPSA) is 110 Å². The van der Waals surface area contributed by atoms with Gasteiger partial charge in [-0.25, -0.2) is 4.79 Å². The first-order chi connectivity index (χ1) is 10.7. The highest BCUT2D eigenvalue weighted by molar-refractivity contribution is 6.32. The monoisotopic (exact) mass is 338 g/mol. The molecule has 2 N–H and O–H groups in total. The summed E-state index contributed by atoms with van der Waals surface area (Å²) < 4.78 is 5.15. The molecule has 122 valence electrons. The summed E-state index contributed by atoms with van der Waals surface area (Å²) in [5, 5.41) is 19.5. The maximum absolute atomic E-state index is 11.9. The number of nitro groups is 1. The zero-order valence-electron chi connectivity index (χ0n) is 12.7. The van der Waals surface area contributed by atoms with Crippen LogP contribution in [0.3, 0.4) is 0 Å². The molecule has 2 amide bonds. The lowest BCUT2D eigenvalue weighted by molar-refractivity contribution is -0.384. The number of nitro benzene ring substituents is 1. The SMILES string of the molecule is CC(C)(C)c1cc(NC(=O)Nc2ccc(Cl)c([N+](=O)[O-])c2)no1. The lowest BCUT2D eigenvalue weighted by atomic mass is 9.93. The van der Waals surface area contributed by atoms with Gasteiger partial charge in [0, 0.05) is 23.2 Å². The molecular weight excluding hydrogens is 324 g/mol. The van der Waals surface area contributed by atoms with Crippen LogP contribution in [0.5, 0.6) is 0 Å². The molecule has 0 aliphatic heterocycles. The van der Waals surface area contributed by atoms with Gasteiger partial charge in [-0.3, -0.25) is 15.4 Å². The van der Waals surface area contributed by atoms with Gasteiger partial charge in [0.1, 0.15) is 10.8 Å². The van der Waals surface area contributed by atoms with E-state index in [-0.39, 0.29) is 27.6 Å². The second kappa shape index (κ2) is 6.25. The normalized spacial score (nSPS) is 11.1. The second-order valence-electron chi connectivity index (χ2n) is 5.83. The van der Waals surface area contributed by atoms with Crippen molar-refractivity contribution >= 4 is 34.8 Å². The molecule has 0 aliphatic carbocycles. The number of aromatic nitrogens is 1. The number of hydrogen-bond donors (Lipinski definition) is 2. The molecule has 0 saturated carbocycles. The molecular formula is C14H15ClN4O4. The number of hydrogen-bond acceptors (Lipinski definition) is 5. The maximum Gasteiger partial charge on any atom is 0.324 e. The standard InChI is InChI=1S/C14H15ClN4O4/c1-14(2,3)11-7-12(18-23-11)17-13(20)16-8-4-5-9(15)10(6-8)19(21)22/h4-7H,1-3H3,(H2,16,17,18,20). The molecule has 0 radical (unpaired) electrons. The maximum atomic E-state index is 11.9. The molecule has 0 atom stereocenters. The Hall–Kier alpha value is -2.61. The fourth-order valence-corrected chi connectivity index (χ4v) is 1.88. The summed E-state index contributed by atoms with van der Waals surface area (Å²) in [6.45, 7) is 5.85. The number of carbonyl (C=O) groups is 1. The molecule has 2 aromatic rings. The van der Waals surface area contributed by atoms with Crippen molar-refractivity contribution in [2.45, 2.75) is 26.2 Å². The minimum absolute atomic E-state index is 0.00715. The van der Waals surface area contributed by atoms with Crippen LogP contribution in [0.25, 0.3) is 0 Å². The van der Waals surface area contributed by atoms with E-state index < -0.39 is 11.0 Å². The Morgan fingerprint density at radius 2 is 2.00 bits per heavy atom. The third-order valence-corrected chi connectivity index (χ3v) is 3.21. The summed E-state index contributed by atoms with van der Waals surface area (Å²) >= 11 is 5.71. The summed E-state index contributed by atoms with van der Waals surface area (Å²) in [5.74, 6) is 0.866. The minimum Gasteiger partial charge on any atom is -0.359 e. The molecule has 2 rings (SSSR count). The van der Waals surface area contributed by atoms with Crippen LogP contribution in [0.4, 0.5) is 22.0 Å². The number of nitrogens with one attached hydrogen (secondary N) is 2. The van der Waals surface area contributed by atoms with Crippen molar-refractivity contribution in [1.29, 1.82) is 0 Å². The van der Waals surface area contributed by atoms with E-state index in [4.69, 9.17) is 16.1 Å². The van der Waals surface area contributed by atoms with Crippen LogP contribution in [0, 0.1) is 10.1 Å². The van der Waals surface area contributed by atoms with Crippen LogP contribution in [-0.2, 0) is 5.41 Å². The smallest absolute Gasteiger partial charge is 0.324 e. The zero-order valence-corrected chi connectivity index (χ0v) is 13.5. The van der Waals surface area contributed by atoms with E-state index in [9.17, 15) is 14.9 Å². The van der Waals surface area contributed by atoms with Crippen molar-refractivity contribution in [3.05, 3.63) is 45.2 Å². The average Bonchev–Trinajstić information content (AvgIpc) is 2.89. The van der Waals surface area contributed by atoms with Crippen LogP contribution >= 0.6 is 11.6 Å². The summed E-state index contributed by atoms with van der Waals surface area (Å²) in [7, 11) is 0. The Morgan fingerprint density at radius 3 is 2.57 bits per heavy atom.